The van der Waals surface area contributed by atoms with Crippen LogP contribution in [0.15, 0.2) is 6.08 Å². The average Bonchev–Trinajstić information content (AvgIpc) is 2.73. The molecule has 2 rings (SSSR count). The Kier molecular flexibility index (Phi) is 9.90. The Balaban J connectivity index is 0.00000480. The fourth-order valence-electron chi connectivity index (χ4n) is 4.09. The Labute approximate surface area is 204 Å². The van der Waals surface area contributed by atoms with E-state index in [0.29, 0.717) is 12.8 Å². The molecular weight excluding hydrogens is 548 g/mol. The molecule has 0 fully saturated rings. The monoisotopic (exact) mass is 584 g/mol. The summed E-state index contributed by atoms with van der Waals surface area (Å²) < 4.78 is 0. The second-order valence-corrected chi connectivity index (χ2v) is 8.57. The Morgan fingerprint density at radius 3 is 1.74 bits per heavy atom. The predicted molar refractivity (Wildman–Crippen MR) is 130 cm³/mol. The Morgan fingerprint density at radius 2 is 1.23 bits per heavy atom. The van der Waals surface area contributed by atoms with Gasteiger partial charge in [-0.2, -0.15) is 5.56 Å². The molecule has 164 valence electrons. The minimum Gasteiger partial charge on any atom is -0.326 e. The summed E-state index contributed by atoms with van der Waals surface area (Å²) in [5, 5.41) is 0. The van der Waals surface area contributed by atoms with Gasteiger partial charge in [-0.25, -0.2) is 11.6 Å². The SMILES string of the molecule is C[C-]=C(CCC(=O)/C=C/c1c(C)c(C)c(C)c(C)c1C)c1[c-]c(C)c(C)c(C)c1C.[W+2]. The van der Waals surface area contributed by atoms with Gasteiger partial charge in [-0.05, 0) is 74.1 Å². The van der Waals surface area contributed by atoms with E-state index < -0.39 is 0 Å². The summed E-state index contributed by atoms with van der Waals surface area (Å²) in [6, 6.07) is 3.52. The zero-order valence-corrected chi connectivity index (χ0v) is 23.8. The van der Waals surface area contributed by atoms with Crippen LogP contribution < -0.4 is 0 Å². The molecule has 0 aliphatic heterocycles. The summed E-state index contributed by atoms with van der Waals surface area (Å²) in [6.45, 7) is 21.3. The van der Waals surface area contributed by atoms with Gasteiger partial charge in [0.25, 0.3) is 0 Å². The van der Waals surface area contributed by atoms with Crippen LogP contribution >= 0.6 is 0 Å². The second-order valence-electron chi connectivity index (χ2n) is 8.57. The van der Waals surface area contributed by atoms with Crippen LogP contribution in [0.2, 0.25) is 0 Å². The van der Waals surface area contributed by atoms with Crippen molar-refractivity contribution in [1.29, 1.82) is 0 Å². The first-order valence-electron chi connectivity index (χ1n) is 10.8. The smallest absolute Gasteiger partial charge is 0.326 e. The van der Waals surface area contributed by atoms with E-state index in [0.717, 1.165) is 11.1 Å². The number of carbonyl (C=O) groups is 1. The van der Waals surface area contributed by atoms with E-state index in [1.54, 1.807) is 6.08 Å². The van der Waals surface area contributed by atoms with Crippen molar-refractivity contribution in [3.63, 3.8) is 0 Å². The van der Waals surface area contributed by atoms with Gasteiger partial charge < -0.3 is 6.08 Å². The van der Waals surface area contributed by atoms with E-state index >= 15 is 0 Å². The topological polar surface area (TPSA) is 17.1 Å². The quantitative estimate of drug-likeness (QED) is 0.254. The first kappa shape index (κ1) is 27.3. The second kappa shape index (κ2) is 11.2. The Morgan fingerprint density at radius 1 is 0.742 bits per heavy atom. The standard InChI is InChI=1S/C29H36O.W/c1-11-26(29-16-17(2)18(3)19(4)25(29)10)12-13-27(30)14-15-28-23(8)21(6)20(5)22(7)24(28)9;/h14-15H,12-13H2,1-10H3;/q-2;+2/b15-14+;. The van der Waals surface area contributed by atoms with Crippen LogP contribution in [0.3, 0.4) is 0 Å². The average molecular weight is 584 g/mol. The molecule has 0 aromatic heterocycles. The van der Waals surface area contributed by atoms with Crippen LogP contribution in [0.4, 0.5) is 0 Å². The van der Waals surface area contributed by atoms with Crippen molar-refractivity contribution < 1.29 is 25.9 Å². The summed E-state index contributed by atoms with van der Waals surface area (Å²) in [5.74, 6) is 0.149. The Hall–Kier alpha value is -1.72. The number of aryl methyl sites for hydroxylation is 1. The normalized spacial score (nSPS) is 11.7. The van der Waals surface area contributed by atoms with Crippen LogP contribution in [0, 0.1) is 74.5 Å². The summed E-state index contributed by atoms with van der Waals surface area (Å²) in [7, 11) is 0. The molecule has 0 amide bonds. The molecule has 0 spiro atoms. The molecule has 1 nitrogen and oxygen atoms in total. The van der Waals surface area contributed by atoms with Crippen molar-refractivity contribution in [2.45, 2.75) is 82.1 Å². The number of hydrogen-bond acceptors (Lipinski definition) is 1. The van der Waals surface area contributed by atoms with E-state index in [9.17, 15) is 4.79 Å². The summed E-state index contributed by atoms with van der Waals surface area (Å²) in [6.07, 6.45) is 8.23. The fourth-order valence-corrected chi connectivity index (χ4v) is 4.09. The molecule has 0 saturated carbocycles. The molecule has 31 heavy (non-hydrogen) atoms. The van der Waals surface area contributed by atoms with Crippen molar-refractivity contribution in [1.82, 2.24) is 0 Å². The summed E-state index contributed by atoms with van der Waals surface area (Å²) in [4.78, 5) is 12.7. The molecule has 0 atom stereocenters. The zero-order chi connectivity index (χ0) is 22.7. The first-order valence-corrected chi connectivity index (χ1v) is 10.8. The van der Waals surface area contributed by atoms with E-state index in [-0.39, 0.29) is 26.8 Å². The molecule has 0 N–H and O–H groups in total. The van der Waals surface area contributed by atoms with Crippen molar-refractivity contribution >= 4 is 17.4 Å². The number of hydrogen-bond donors (Lipinski definition) is 0. The predicted octanol–water partition coefficient (Wildman–Crippen LogP) is 7.53. The van der Waals surface area contributed by atoms with Gasteiger partial charge in [0.15, 0.2) is 5.78 Å². The number of ketones is 1. The molecule has 0 unspecified atom stereocenters. The van der Waals surface area contributed by atoms with Gasteiger partial charge in [-0.1, -0.05) is 40.2 Å². The molecule has 0 bridgehead atoms. The van der Waals surface area contributed by atoms with Gasteiger partial charge in [0.2, 0.25) is 0 Å². The summed E-state index contributed by atoms with van der Waals surface area (Å²) >= 11 is 0. The molecular formula is C29H36OW. The molecule has 0 heterocycles. The number of rotatable bonds is 6. The maximum absolute atomic E-state index is 12.7. The van der Waals surface area contributed by atoms with Crippen molar-refractivity contribution in [3.05, 3.63) is 79.4 Å². The first-order chi connectivity index (χ1) is 14.0. The van der Waals surface area contributed by atoms with Gasteiger partial charge >= 0.3 is 21.1 Å². The maximum atomic E-state index is 12.7. The van der Waals surface area contributed by atoms with Gasteiger partial charge in [0, 0.05) is 6.42 Å². The van der Waals surface area contributed by atoms with E-state index in [2.05, 4.69) is 74.5 Å². The van der Waals surface area contributed by atoms with Gasteiger partial charge in [0.1, 0.15) is 0 Å². The molecule has 0 aliphatic rings. The van der Waals surface area contributed by atoms with Gasteiger partial charge in [-0.15, -0.1) is 18.1 Å². The fraction of sp³-hybridized carbons (Fsp3) is 0.414. The molecule has 2 aromatic carbocycles. The van der Waals surface area contributed by atoms with Crippen LogP contribution in [-0.2, 0) is 25.9 Å². The third-order valence-electron chi connectivity index (χ3n) is 7.09. The third-order valence-corrected chi connectivity index (χ3v) is 7.09. The molecule has 2 aromatic rings. The molecule has 2 heteroatoms. The third kappa shape index (κ3) is 5.75. The zero-order valence-electron chi connectivity index (χ0n) is 20.9. The minimum absolute atomic E-state index is 0. The summed E-state index contributed by atoms with van der Waals surface area (Å²) in [5.41, 5.74) is 14.9. The number of carbonyl (C=O) groups excluding carboxylic acids is 1. The largest absolute Gasteiger partial charge is 2.00 e. The van der Waals surface area contributed by atoms with E-state index in [1.807, 2.05) is 13.0 Å². The van der Waals surface area contributed by atoms with E-state index in [4.69, 9.17) is 0 Å². The minimum atomic E-state index is 0. The van der Waals surface area contributed by atoms with Crippen LogP contribution in [-0.4, -0.2) is 5.78 Å². The van der Waals surface area contributed by atoms with Gasteiger partial charge in [-0.3, -0.25) is 15.9 Å². The van der Waals surface area contributed by atoms with Crippen LogP contribution in [0.1, 0.15) is 81.0 Å². The van der Waals surface area contributed by atoms with E-state index in [1.165, 1.54) is 55.6 Å². The molecule has 0 aliphatic carbocycles. The van der Waals surface area contributed by atoms with Crippen LogP contribution in [0.25, 0.3) is 11.6 Å². The molecule has 0 radical (unpaired) electrons. The number of allylic oxidation sites excluding steroid dienone is 3. The Bertz CT molecular complexity index is 1020. The maximum Gasteiger partial charge on any atom is 2.00 e. The van der Waals surface area contributed by atoms with Gasteiger partial charge in [0.05, 0.1) is 0 Å². The van der Waals surface area contributed by atoms with Crippen LogP contribution in [0.5, 0.6) is 0 Å². The number of benzene rings is 2. The molecule has 0 saturated heterocycles. The van der Waals surface area contributed by atoms with Crippen molar-refractivity contribution in [2.75, 3.05) is 0 Å². The van der Waals surface area contributed by atoms with Crippen molar-refractivity contribution in [3.8, 4) is 0 Å². The van der Waals surface area contributed by atoms with Crippen molar-refractivity contribution in [2.24, 2.45) is 0 Å².